The first-order valence-corrected chi connectivity index (χ1v) is 13.6. The number of aliphatic hydroxyl groups excluding tert-OH is 2. The number of ether oxygens (including phenoxy) is 2. The summed E-state index contributed by atoms with van der Waals surface area (Å²) in [6.45, 7) is 4.88. The fourth-order valence-electron chi connectivity index (χ4n) is 4.52. The molecule has 2 aromatic carbocycles. The van der Waals surface area contributed by atoms with E-state index in [9.17, 15) is 14.7 Å². The van der Waals surface area contributed by atoms with Gasteiger partial charge in [-0.15, -0.1) is 0 Å². The maximum absolute atomic E-state index is 12.8. The summed E-state index contributed by atoms with van der Waals surface area (Å²) in [5.41, 5.74) is 1.35. The minimum Gasteiger partial charge on any atom is -0.497 e. The number of likely N-dealkylation sites (tertiary alicyclic amines) is 1. The van der Waals surface area contributed by atoms with Crippen molar-refractivity contribution in [1.29, 1.82) is 0 Å². The highest BCUT2D eigenvalue weighted by molar-refractivity contribution is 5.96. The summed E-state index contributed by atoms with van der Waals surface area (Å²) in [5.74, 6) is 1.35. The van der Waals surface area contributed by atoms with Crippen LogP contribution in [0.4, 0.5) is 0 Å². The first-order chi connectivity index (χ1) is 18.4. The monoisotopic (exact) mass is 526 g/mol. The van der Waals surface area contributed by atoms with E-state index in [2.05, 4.69) is 10.2 Å². The Balaban J connectivity index is 1.50. The molecule has 0 aromatic heterocycles. The van der Waals surface area contributed by atoms with Gasteiger partial charge in [-0.1, -0.05) is 19.1 Å². The number of amides is 1. The summed E-state index contributed by atoms with van der Waals surface area (Å²) < 4.78 is 10.8. The van der Waals surface area contributed by atoms with Crippen LogP contribution in [0.2, 0.25) is 0 Å². The SMILES string of the molecule is COc1ccc(C(=O)CCCCC(=O)N[C@H](CN2CCCC2)[C@H](O)c2ccc(OC[C@H](C)CO)cc2)cc1. The smallest absolute Gasteiger partial charge is 0.220 e. The molecular weight excluding hydrogens is 484 g/mol. The van der Waals surface area contributed by atoms with Gasteiger partial charge < -0.3 is 29.9 Å². The standard InChI is InChI=1S/C30H42N2O6/c1-22(20-33)21-38-26-15-11-24(12-16-26)30(36)27(19-32-17-5-6-18-32)31-29(35)8-4-3-7-28(34)23-9-13-25(37-2)14-10-23/h9-16,22,27,30,33,36H,3-8,17-21H2,1-2H3,(H,31,35)/t22-,27-,30-/m1/s1. The fourth-order valence-corrected chi connectivity index (χ4v) is 4.52. The van der Waals surface area contributed by atoms with E-state index in [4.69, 9.17) is 14.6 Å². The Hall–Kier alpha value is -2.94. The van der Waals surface area contributed by atoms with Crippen LogP contribution in [0.25, 0.3) is 0 Å². The van der Waals surface area contributed by atoms with E-state index >= 15 is 0 Å². The van der Waals surface area contributed by atoms with Crippen molar-refractivity contribution >= 4 is 11.7 Å². The van der Waals surface area contributed by atoms with E-state index in [-0.39, 0.29) is 24.2 Å². The van der Waals surface area contributed by atoms with E-state index in [0.29, 0.717) is 61.5 Å². The van der Waals surface area contributed by atoms with Gasteiger partial charge in [-0.3, -0.25) is 9.59 Å². The number of unbranched alkanes of at least 4 members (excludes halogenated alkanes) is 1. The highest BCUT2D eigenvalue weighted by Gasteiger charge is 2.26. The average molecular weight is 527 g/mol. The zero-order valence-electron chi connectivity index (χ0n) is 22.6. The molecule has 0 radical (unpaired) electrons. The molecule has 0 aliphatic carbocycles. The van der Waals surface area contributed by atoms with E-state index in [1.807, 2.05) is 19.1 Å². The van der Waals surface area contributed by atoms with Gasteiger partial charge in [0, 0.05) is 37.5 Å². The van der Waals surface area contributed by atoms with Gasteiger partial charge in [0.05, 0.1) is 19.8 Å². The molecule has 38 heavy (non-hydrogen) atoms. The molecule has 0 bridgehead atoms. The molecule has 8 heteroatoms. The molecule has 0 unspecified atom stereocenters. The first-order valence-electron chi connectivity index (χ1n) is 13.6. The summed E-state index contributed by atoms with van der Waals surface area (Å²) in [7, 11) is 1.59. The third-order valence-corrected chi connectivity index (χ3v) is 6.92. The molecule has 2 aromatic rings. The van der Waals surface area contributed by atoms with Crippen molar-refractivity contribution in [3.05, 3.63) is 59.7 Å². The molecule has 8 nitrogen and oxygen atoms in total. The number of nitrogens with one attached hydrogen (secondary N) is 1. The van der Waals surface area contributed by atoms with Crippen molar-refractivity contribution < 1.29 is 29.3 Å². The van der Waals surface area contributed by atoms with Crippen molar-refractivity contribution in [3.63, 3.8) is 0 Å². The van der Waals surface area contributed by atoms with E-state index in [1.165, 1.54) is 0 Å². The molecule has 0 spiro atoms. The lowest BCUT2D eigenvalue weighted by Crippen LogP contribution is -2.46. The van der Waals surface area contributed by atoms with E-state index in [0.717, 1.165) is 25.9 Å². The van der Waals surface area contributed by atoms with Gasteiger partial charge in [-0.05, 0) is 80.7 Å². The minimum absolute atomic E-state index is 0.0425. The van der Waals surface area contributed by atoms with Gasteiger partial charge in [-0.25, -0.2) is 0 Å². The van der Waals surface area contributed by atoms with Crippen molar-refractivity contribution in [3.8, 4) is 11.5 Å². The largest absolute Gasteiger partial charge is 0.497 e. The minimum atomic E-state index is -0.860. The average Bonchev–Trinajstić information content (AvgIpc) is 3.46. The van der Waals surface area contributed by atoms with E-state index in [1.54, 1.807) is 43.5 Å². The molecule has 1 saturated heterocycles. The van der Waals surface area contributed by atoms with Crippen LogP contribution < -0.4 is 14.8 Å². The molecule has 1 fully saturated rings. The van der Waals surface area contributed by atoms with Crippen LogP contribution in [0.5, 0.6) is 11.5 Å². The number of methoxy groups -OCH3 is 1. The predicted molar refractivity (Wildman–Crippen MR) is 147 cm³/mol. The second kappa shape index (κ2) is 15.5. The zero-order valence-corrected chi connectivity index (χ0v) is 22.6. The number of carbonyl (C=O) groups is 2. The normalized spacial score (nSPS) is 16.0. The van der Waals surface area contributed by atoms with Gasteiger partial charge in [-0.2, -0.15) is 0 Å². The number of hydrogen-bond acceptors (Lipinski definition) is 7. The molecular formula is C30H42N2O6. The molecule has 208 valence electrons. The molecule has 3 rings (SSSR count). The number of nitrogens with zero attached hydrogens (tertiary/aromatic N) is 1. The van der Waals surface area contributed by atoms with Crippen LogP contribution in [0.3, 0.4) is 0 Å². The number of Topliss-reactive ketones (excluding diaryl/α,β-unsaturated/α-hetero) is 1. The Morgan fingerprint density at radius 2 is 1.61 bits per heavy atom. The van der Waals surface area contributed by atoms with Crippen LogP contribution in [0.15, 0.2) is 48.5 Å². The molecule has 1 aliphatic heterocycles. The summed E-state index contributed by atoms with van der Waals surface area (Å²) >= 11 is 0. The number of benzene rings is 2. The Kier molecular flexibility index (Phi) is 12.1. The molecule has 1 heterocycles. The van der Waals surface area contributed by atoms with Gasteiger partial charge in [0.15, 0.2) is 5.78 Å². The maximum Gasteiger partial charge on any atom is 0.220 e. The van der Waals surface area contributed by atoms with Crippen LogP contribution in [0, 0.1) is 5.92 Å². The second-order valence-electron chi connectivity index (χ2n) is 10.2. The number of rotatable bonds is 16. The Morgan fingerprint density at radius 3 is 2.24 bits per heavy atom. The lowest BCUT2D eigenvalue weighted by atomic mass is 10.0. The molecule has 3 N–H and O–H groups in total. The summed E-state index contributed by atoms with van der Waals surface area (Å²) in [4.78, 5) is 27.5. The summed E-state index contributed by atoms with van der Waals surface area (Å²) in [6, 6.07) is 13.8. The highest BCUT2D eigenvalue weighted by Crippen LogP contribution is 2.23. The molecule has 1 aliphatic rings. The Morgan fingerprint density at radius 1 is 0.974 bits per heavy atom. The lowest BCUT2D eigenvalue weighted by molar-refractivity contribution is -0.123. The number of hydrogen-bond donors (Lipinski definition) is 3. The van der Waals surface area contributed by atoms with Crippen molar-refractivity contribution in [2.45, 2.75) is 57.6 Å². The van der Waals surface area contributed by atoms with Crippen LogP contribution in [0.1, 0.15) is 67.5 Å². The fraction of sp³-hybridized carbons (Fsp3) is 0.533. The third-order valence-electron chi connectivity index (χ3n) is 6.92. The number of ketones is 1. The topological polar surface area (TPSA) is 108 Å². The van der Waals surface area contributed by atoms with E-state index < -0.39 is 12.1 Å². The summed E-state index contributed by atoms with van der Waals surface area (Å²) in [6.07, 6.45) is 3.28. The third kappa shape index (κ3) is 9.42. The number of carbonyl (C=O) groups excluding carboxylic acids is 2. The van der Waals surface area contributed by atoms with Crippen LogP contribution in [-0.2, 0) is 4.79 Å². The maximum atomic E-state index is 12.8. The highest BCUT2D eigenvalue weighted by atomic mass is 16.5. The first kappa shape index (κ1) is 29.6. The summed E-state index contributed by atoms with van der Waals surface area (Å²) in [5, 5.41) is 23.4. The van der Waals surface area contributed by atoms with Gasteiger partial charge >= 0.3 is 0 Å². The van der Waals surface area contributed by atoms with Crippen LogP contribution in [-0.4, -0.2) is 72.8 Å². The molecule has 3 atom stereocenters. The van der Waals surface area contributed by atoms with Crippen LogP contribution >= 0.6 is 0 Å². The van der Waals surface area contributed by atoms with Gasteiger partial charge in [0.2, 0.25) is 5.91 Å². The van der Waals surface area contributed by atoms with Crippen molar-refractivity contribution in [2.24, 2.45) is 5.92 Å². The Labute approximate surface area is 225 Å². The zero-order chi connectivity index (χ0) is 27.3. The number of aliphatic hydroxyl groups is 2. The lowest BCUT2D eigenvalue weighted by Gasteiger charge is -2.29. The quantitative estimate of drug-likeness (QED) is 0.226. The Bertz CT molecular complexity index is 989. The second-order valence-corrected chi connectivity index (χ2v) is 10.2. The van der Waals surface area contributed by atoms with Gasteiger partial charge in [0.25, 0.3) is 0 Å². The predicted octanol–water partition coefficient (Wildman–Crippen LogP) is 3.76. The molecule has 1 amide bonds. The van der Waals surface area contributed by atoms with Gasteiger partial charge in [0.1, 0.15) is 17.6 Å². The van der Waals surface area contributed by atoms with Crippen molar-refractivity contribution in [2.75, 3.05) is 40.0 Å². The molecule has 0 saturated carbocycles. The van der Waals surface area contributed by atoms with Crippen molar-refractivity contribution in [1.82, 2.24) is 10.2 Å².